The molecule has 0 saturated carbocycles. The first kappa shape index (κ1) is 27.6. The van der Waals surface area contributed by atoms with Crippen LogP contribution < -0.4 is 10.6 Å². The van der Waals surface area contributed by atoms with E-state index < -0.39 is 0 Å². The number of hydrogen-bond donors (Lipinski definition) is 2. The van der Waals surface area contributed by atoms with E-state index in [2.05, 4.69) is 150 Å². The summed E-state index contributed by atoms with van der Waals surface area (Å²) in [6.07, 6.45) is 8.69. The van der Waals surface area contributed by atoms with Crippen LogP contribution in [0.25, 0.3) is 64.0 Å². The minimum Gasteiger partial charge on any atom is -0.455 e. The Hall–Kier alpha value is -5.49. The van der Waals surface area contributed by atoms with Gasteiger partial charge in [-0.3, -0.25) is 5.32 Å². The van der Waals surface area contributed by atoms with E-state index in [9.17, 15) is 0 Å². The minimum atomic E-state index is -0.129. The Morgan fingerprint density at radius 2 is 1.48 bits per heavy atom. The molecule has 0 spiro atoms. The first-order valence-electron chi connectivity index (χ1n) is 16.6. The molecular formula is C43H31N3OS. The lowest BCUT2D eigenvalue weighted by Crippen LogP contribution is -2.49. The van der Waals surface area contributed by atoms with Crippen LogP contribution >= 0.6 is 11.3 Å². The van der Waals surface area contributed by atoms with Gasteiger partial charge in [-0.05, 0) is 53.1 Å². The van der Waals surface area contributed by atoms with Gasteiger partial charge in [0.1, 0.15) is 29.3 Å². The van der Waals surface area contributed by atoms with Crippen molar-refractivity contribution in [3.8, 4) is 11.1 Å². The molecule has 8 aromatic rings. The molecule has 230 valence electrons. The molecule has 0 amide bonds. The summed E-state index contributed by atoms with van der Waals surface area (Å²) in [5.41, 5.74) is 7.79. The number of thiophene rings is 1. The van der Waals surface area contributed by atoms with Gasteiger partial charge in [-0.25, -0.2) is 4.99 Å². The molecule has 2 aliphatic rings. The molecule has 1 aliphatic heterocycles. The normalized spacial score (nSPS) is 18.1. The molecule has 5 heteroatoms. The molecule has 2 atom stereocenters. The summed E-state index contributed by atoms with van der Waals surface area (Å²) in [6.45, 7) is 0. The summed E-state index contributed by atoms with van der Waals surface area (Å²) in [5.74, 6) is 0.912. The molecule has 48 heavy (non-hydrogen) atoms. The largest absolute Gasteiger partial charge is 0.455 e. The monoisotopic (exact) mass is 637 g/mol. The van der Waals surface area contributed by atoms with E-state index in [0.29, 0.717) is 0 Å². The molecule has 2 N–H and O–H groups in total. The maximum absolute atomic E-state index is 6.57. The molecule has 10 rings (SSSR count). The summed E-state index contributed by atoms with van der Waals surface area (Å²) >= 11 is 1.87. The summed E-state index contributed by atoms with van der Waals surface area (Å²) < 4.78 is 9.13. The van der Waals surface area contributed by atoms with Gasteiger partial charge < -0.3 is 9.73 Å². The maximum Gasteiger partial charge on any atom is 0.143 e. The van der Waals surface area contributed by atoms with Gasteiger partial charge in [-0.15, -0.1) is 11.3 Å². The van der Waals surface area contributed by atoms with Gasteiger partial charge in [-0.1, -0.05) is 121 Å². The number of benzene rings is 6. The van der Waals surface area contributed by atoms with Gasteiger partial charge in [0.05, 0.1) is 0 Å². The van der Waals surface area contributed by atoms with E-state index in [1.165, 1.54) is 42.3 Å². The smallest absolute Gasteiger partial charge is 0.143 e. The zero-order valence-electron chi connectivity index (χ0n) is 26.1. The van der Waals surface area contributed by atoms with Crippen molar-refractivity contribution in [1.82, 2.24) is 10.6 Å². The molecule has 0 saturated heterocycles. The van der Waals surface area contributed by atoms with Crippen molar-refractivity contribution >= 4 is 70.1 Å². The molecule has 4 nitrogen and oxygen atoms in total. The van der Waals surface area contributed by atoms with E-state index in [1.807, 2.05) is 11.3 Å². The third-order valence-corrected chi connectivity index (χ3v) is 11.1. The summed E-state index contributed by atoms with van der Waals surface area (Å²) in [7, 11) is 0. The van der Waals surface area contributed by atoms with Crippen molar-refractivity contribution in [2.24, 2.45) is 4.99 Å². The van der Waals surface area contributed by atoms with Gasteiger partial charge in [0.25, 0.3) is 0 Å². The fourth-order valence-corrected chi connectivity index (χ4v) is 8.82. The van der Waals surface area contributed by atoms with Gasteiger partial charge in [0.2, 0.25) is 0 Å². The van der Waals surface area contributed by atoms with Gasteiger partial charge in [0, 0.05) is 47.5 Å². The van der Waals surface area contributed by atoms with Crippen LogP contribution in [-0.2, 0) is 0 Å². The van der Waals surface area contributed by atoms with Crippen LogP contribution in [0.3, 0.4) is 0 Å². The molecule has 2 unspecified atom stereocenters. The molecule has 0 bridgehead atoms. The highest BCUT2D eigenvalue weighted by atomic mass is 32.1. The Balaban J connectivity index is 1.10. The van der Waals surface area contributed by atoms with Crippen molar-refractivity contribution in [3.05, 3.63) is 156 Å². The second-order valence-electron chi connectivity index (χ2n) is 12.7. The topological polar surface area (TPSA) is 49.6 Å². The number of nitrogens with zero attached hydrogens (tertiary/aromatic N) is 1. The Bertz CT molecular complexity index is 2640. The highest BCUT2D eigenvalue weighted by Gasteiger charge is 2.28. The van der Waals surface area contributed by atoms with Crippen LogP contribution in [0.1, 0.15) is 30.1 Å². The third kappa shape index (κ3) is 4.43. The Morgan fingerprint density at radius 3 is 2.38 bits per heavy atom. The number of furan rings is 1. The second kappa shape index (κ2) is 11.1. The standard InChI is InChI=1S/C43H31N3OS/c1-3-12-27(13-4-1)41-44-42(28-14-5-2-6-15-28)46-43(45-41)36-20-10-19-35-34-18-9-17-31(39(34)48-40(35)36)29-22-23-32-33-24-21-26-11-7-8-16-30(26)38(33)47-37(32)25-29/h1,3-5,7-25,42-43,46H,2,6H2,(H,44,45). The second-order valence-corrected chi connectivity index (χ2v) is 13.7. The average molecular weight is 638 g/mol. The lowest BCUT2D eigenvalue weighted by atomic mass is 9.99. The van der Waals surface area contributed by atoms with E-state index in [4.69, 9.17) is 9.41 Å². The Kier molecular flexibility index (Phi) is 6.36. The quantitative estimate of drug-likeness (QED) is 0.202. The van der Waals surface area contributed by atoms with Gasteiger partial charge in [-0.2, -0.15) is 0 Å². The van der Waals surface area contributed by atoms with Crippen LogP contribution in [0.2, 0.25) is 0 Å². The van der Waals surface area contributed by atoms with Gasteiger partial charge >= 0.3 is 0 Å². The molecule has 1 aliphatic carbocycles. The van der Waals surface area contributed by atoms with Crippen LogP contribution in [-0.4, -0.2) is 12.0 Å². The van der Waals surface area contributed by atoms with Gasteiger partial charge in [0.15, 0.2) is 0 Å². The number of aliphatic imine (C=N–C) groups is 1. The molecule has 0 radical (unpaired) electrons. The fourth-order valence-electron chi connectivity index (χ4n) is 7.44. The fraction of sp³-hybridized carbons (Fsp3) is 0.0930. The van der Waals surface area contributed by atoms with E-state index in [1.54, 1.807) is 0 Å². The molecule has 3 heterocycles. The summed E-state index contributed by atoms with van der Waals surface area (Å²) in [5, 5.41) is 14.8. The molecule has 2 aromatic heterocycles. The highest BCUT2D eigenvalue weighted by Crippen LogP contribution is 2.44. The number of nitrogens with one attached hydrogen (secondary N) is 2. The van der Waals surface area contributed by atoms with Crippen LogP contribution in [0, 0.1) is 0 Å². The third-order valence-electron chi connectivity index (χ3n) is 9.79. The summed E-state index contributed by atoms with van der Waals surface area (Å²) in [4.78, 5) is 5.15. The first-order chi connectivity index (χ1) is 23.8. The average Bonchev–Trinajstić information content (AvgIpc) is 3.74. The van der Waals surface area contributed by atoms with Crippen LogP contribution in [0.15, 0.2) is 155 Å². The van der Waals surface area contributed by atoms with Crippen molar-refractivity contribution < 1.29 is 4.42 Å². The van der Waals surface area contributed by atoms with Crippen LogP contribution in [0.5, 0.6) is 0 Å². The maximum atomic E-state index is 6.57. The molecular weight excluding hydrogens is 607 g/mol. The van der Waals surface area contributed by atoms with Crippen molar-refractivity contribution in [1.29, 1.82) is 0 Å². The zero-order chi connectivity index (χ0) is 31.6. The number of fused-ring (bicyclic) bond motifs is 8. The van der Waals surface area contributed by atoms with E-state index in [-0.39, 0.29) is 12.3 Å². The number of rotatable bonds is 4. The Labute approximate surface area is 281 Å². The first-order valence-corrected chi connectivity index (χ1v) is 17.4. The number of allylic oxidation sites excluding steroid dienone is 2. The lowest BCUT2D eigenvalue weighted by molar-refractivity contribution is 0.436. The van der Waals surface area contributed by atoms with E-state index in [0.717, 1.165) is 57.1 Å². The molecule has 0 fully saturated rings. The van der Waals surface area contributed by atoms with Crippen molar-refractivity contribution in [2.45, 2.75) is 25.2 Å². The number of amidine groups is 1. The van der Waals surface area contributed by atoms with Crippen molar-refractivity contribution in [2.75, 3.05) is 0 Å². The highest BCUT2D eigenvalue weighted by molar-refractivity contribution is 7.26. The predicted molar refractivity (Wildman–Crippen MR) is 202 cm³/mol. The predicted octanol–water partition coefficient (Wildman–Crippen LogP) is 11.0. The Morgan fingerprint density at radius 1 is 0.667 bits per heavy atom. The molecule has 6 aromatic carbocycles. The number of hydrogen-bond acceptors (Lipinski definition) is 5. The zero-order valence-corrected chi connectivity index (χ0v) is 26.9. The van der Waals surface area contributed by atoms with Crippen LogP contribution in [0.4, 0.5) is 0 Å². The SMILES string of the molecule is C1=CC(C2N=C(c3ccccc3)NC(c3cccc4c3sc3c(-c5ccc6c(c5)oc5c7ccccc7ccc65)cccc34)N2)=CCC1. The minimum absolute atomic E-state index is 0.110. The summed E-state index contributed by atoms with van der Waals surface area (Å²) in [6, 6.07) is 43.3. The lowest BCUT2D eigenvalue weighted by Gasteiger charge is -2.33. The van der Waals surface area contributed by atoms with E-state index >= 15 is 0 Å². The van der Waals surface area contributed by atoms with Crippen molar-refractivity contribution in [3.63, 3.8) is 0 Å².